The normalized spacial score (nSPS) is 12.0. The van der Waals surface area contributed by atoms with E-state index in [0.717, 1.165) is 12.8 Å². The lowest BCUT2D eigenvalue weighted by Crippen LogP contribution is -2.32. The molecule has 2 aromatic heterocycles. The van der Waals surface area contributed by atoms with Gasteiger partial charge in [0, 0.05) is 6.04 Å². The number of benzene rings is 2. The van der Waals surface area contributed by atoms with Crippen LogP contribution in [0.4, 0.5) is 0 Å². The van der Waals surface area contributed by atoms with Crippen molar-refractivity contribution in [2.75, 3.05) is 0 Å². The number of nitrogens with zero attached hydrogens (tertiary/aromatic N) is 2. The minimum atomic E-state index is -0.259. The van der Waals surface area contributed by atoms with Crippen molar-refractivity contribution < 1.29 is 9.21 Å². The van der Waals surface area contributed by atoms with E-state index in [1.807, 2.05) is 37.3 Å². The summed E-state index contributed by atoms with van der Waals surface area (Å²) in [6.45, 7) is 2.19. The summed E-state index contributed by atoms with van der Waals surface area (Å²) in [5.74, 6) is 0.500. The summed E-state index contributed by atoms with van der Waals surface area (Å²) < 4.78 is 7.16. The van der Waals surface area contributed by atoms with Crippen molar-refractivity contribution in [3.63, 3.8) is 0 Å². The van der Waals surface area contributed by atoms with Crippen molar-refractivity contribution in [2.24, 2.45) is 0 Å². The zero-order chi connectivity index (χ0) is 20.9. The monoisotopic (exact) mass is 401 g/mol. The Balaban J connectivity index is 1.38. The van der Waals surface area contributed by atoms with Crippen LogP contribution in [0.3, 0.4) is 0 Å². The molecule has 1 atom stereocenters. The molecule has 0 aliphatic carbocycles. The standard InChI is InChI=1S/C24H23N3O3/c1-17(11-12-18-7-3-2-4-8-18)26-23(28)22-14-13-19(30-22)15-27-16-25-21-10-6-5-9-20(21)24(27)29/h2-10,13-14,16-17H,11-12,15H2,1H3,(H,26,28)/t17-/m1/s1. The number of aromatic nitrogens is 2. The Morgan fingerprint density at radius 3 is 2.67 bits per heavy atom. The van der Waals surface area contributed by atoms with E-state index in [9.17, 15) is 9.59 Å². The van der Waals surface area contributed by atoms with Crippen LogP contribution in [0, 0.1) is 0 Å². The number of amides is 1. The summed E-state index contributed by atoms with van der Waals surface area (Å²) in [4.78, 5) is 29.4. The number of hydrogen-bond donors (Lipinski definition) is 1. The van der Waals surface area contributed by atoms with Gasteiger partial charge < -0.3 is 9.73 Å². The number of para-hydroxylation sites is 1. The lowest BCUT2D eigenvalue weighted by Gasteiger charge is -2.12. The number of hydrogen-bond acceptors (Lipinski definition) is 4. The van der Waals surface area contributed by atoms with E-state index in [2.05, 4.69) is 22.4 Å². The van der Waals surface area contributed by atoms with Gasteiger partial charge in [-0.05, 0) is 49.6 Å². The van der Waals surface area contributed by atoms with Crippen LogP contribution >= 0.6 is 0 Å². The van der Waals surface area contributed by atoms with Gasteiger partial charge in [0.1, 0.15) is 5.76 Å². The largest absolute Gasteiger partial charge is 0.454 e. The SMILES string of the molecule is C[C@H](CCc1ccccc1)NC(=O)c1ccc(Cn2cnc3ccccc3c2=O)o1. The third-order valence-corrected chi connectivity index (χ3v) is 5.03. The van der Waals surface area contributed by atoms with Crippen molar-refractivity contribution in [3.8, 4) is 0 Å². The second kappa shape index (κ2) is 8.78. The first kappa shape index (κ1) is 19.6. The molecule has 0 spiro atoms. The number of furan rings is 1. The van der Waals surface area contributed by atoms with Gasteiger partial charge in [-0.25, -0.2) is 4.98 Å². The predicted molar refractivity (Wildman–Crippen MR) is 116 cm³/mol. The van der Waals surface area contributed by atoms with Crippen LogP contribution in [0.1, 0.15) is 35.2 Å². The molecule has 30 heavy (non-hydrogen) atoms. The molecule has 2 aromatic carbocycles. The molecule has 4 rings (SSSR count). The average molecular weight is 401 g/mol. The average Bonchev–Trinajstić information content (AvgIpc) is 3.24. The van der Waals surface area contributed by atoms with Gasteiger partial charge in [0.05, 0.1) is 23.8 Å². The molecule has 152 valence electrons. The third kappa shape index (κ3) is 4.49. The van der Waals surface area contributed by atoms with Crippen molar-refractivity contribution in [3.05, 3.63) is 100 Å². The minimum absolute atomic E-state index is 0.0126. The maximum atomic E-state index is 12.6. The highest BCUT2D eigenvalue weighted by Gasteiger charge is 2.15. The van der Waals surface area contributed by atoms with Crippen LogP contribution in [-0.2, 0) is 13.0 Å². The molecule has 0 fully saturated rings. The van der Waals surface area contributed by atoms with Crippen molar-refractivity contribution in [1.82, 2.24) is 14.9 Å². The topological polar surface area (TPSA) is 77.1 Å². The zero-order valence-electron chi connectivity index (χ0n) is 16.7. The minimum Gasteiger partial charge on any atom is -0.454 e. The first-order chi connectivity index (χ1) is 14.6. The molecule has 0 saturated heterocycles. The lowest BCUT2D eigenvalue weighted by molar-refractivity contribution is 0.0908. The second-order valence-electron chi connectivity index (χ2n) is 7.36. The lowest BCUT2D eigenvalue weighted by atomic mass is 10.1. The van der Waals surface area contributed by atoms with Gasteiger partial charge in [0.25, 0.3) is 11.5 Å². The molecule has 0 saturated carbocycles. The van der Waals surface area contributed by atoms with Crippen molar-refractivity contribution >= 4 is 16.8 Å². The summed E-state index contributed by atoms with van der Waals surface area (Å²) in [6, 6.07) is 20.7. The van der Waals surface area contributed by atoms with Crippen molar-refractivity contribution in [1.29, 1.82) is 0 Å². The van der Waals surface area contributed by atoms with Gasteiger partial charge in [-0.2, -0.15) is 0 Å². The van der Waals surface area contributed by atoms with Gasteiger partial charge in [-0.15, -0.1) is 0 Å². The van der Waals surface area contributed by atoms with E-state index in [-0.39, 0.29) is 29.8 Å². The molecule has 6 heteroatoms. The summed E-state index contributed by atoms with van der Waals surface area (Å²) in [5.41, 5.74) is 1.76. The quantitative estimate of drug-likeness (QED) is 0.511. The molecule has 1 N–H and O–H groups in total. The van der Waals surface area contributed by atoms with Crippen LogP contribution in [0.15, 0.2) is 82.3 Å². The fraction of sp³-hybridized carbons (Fsp3) is 0.208. The highest BCUT2D eigenvalue weighted by Crippen LogP contribution is 2.12. The fourth-order valence-electron chi connectivity index (χ4n) is 3.37. The van der Waals surface area contributed by atoms with Gasteiger partial charge >= 0.3 is 0 Å². The summed E-state index contributed by atoms with van der Waals surface area (Å²) in [5, 5.41) is 3.52. The predicted octanol–water partition coefficient (Wildman–Crippen LogP) is 3.79. The number of aryl methyl sites for hydroxylation is 1. The van der Waals surface area contributed by atoms with Crippen LogP contribution in [-0.4, -0.2) is 21.5 Å². The van der Waals surface area contributed by atoms with Gasteiger partial charge in [0.2, 0.25) is 0 Å². The van der Waals surface area contributed by atoms with E-state index < -0.39 is 0 Å². The first-order valence-corrected chi connectivity index (χ1v) is 9.98. The van der Waals surface area contributed by atoms with Crippen LogP contribution in [0.25, 0.3) is 10.9 Å². The molecule has 0 aliphatic rings. The molecule has 2 heterocycles. The van der Waals surface area contributed by atoms with E-state index in [1.165, 1.54) is 16.5 Å². The Bertz CT molecular complexity index is 1210. The number of nitrogens with one attached hydrogen (secondary N) is 1. The summed E-state index contributed by atoms with van der Waals surface area (Å²) in [7, 11) is 0. The van der Waals surface area contributed by atoms with Crippen LogP contribution in [0.2, 0.25) is 0 Å². The molecule has 0 unspecified atom stereocenters. The maximum absolute atomic E-state index is 12.6. The van der Waals surface area contributed by atoms with Crippen LogP contribution in [0.5, 0.6) is 0 Å². The van der Waals surface area contributed by atoms with Gasteiger partial charge in [-0.1, -0.05) is 42.5 Å². The molecule has 6 nitrogen and oxygen atoms in total. The summed E-state index contributed by atoms with van der Waals surface area (Å²) in [6.07, 6.45) is 3.23. The fourth-order valence-corrected chi connectivity index (χ4v) is 3.37. The summed E-state index contributed by atoms with van der Waals surface area (Å²) >= 11 is 0. The van der Waals surface area contributed by atoms with Gasteiger partial charge in [-0.3, -0.25) is 14.2 Å². The van der Waals surface area contributed by atoms with E-state index in [1.54, 1.807) is 24.3 Å². The number of carbonyl (C=O) groups excluding carboxylic acids is 1. The highest BCUT2D eigenvalue weighted by molar-refractivity contribution is 5.91. The molecule has 1 amide bonds. The highest BCUT2D eigenvalue weighted by atomic mass is 16.4. The molecule has 0 aliphatic heterocycles. The number of fused-ring (bicyclic) bond motifs is 1. The molecular weight excluding hydrogens is 378 g/mol. The number of carbonyl (C=O) groups is 1. The number of rotatable bonds is 7. The van der Waals surface area contributed by atoms with E-state index >= 15 is 0 Å². The third-order valence-electron chi connectivity index (χ3n) is 5.03. The first-order valence-electron chi connectivity index (χ1n) is 9.98. The Morgan fingerprint density at radius 1 is 1.07 bits per heavy atom. The molecular formula is C24H23N3O3. The Hall–Kier alpha value is -3.67. The van der Waals surface area contributed by atoms with E-state index in [0.29, 0.717) is 16.7 Å². The molecule has 0 bridgehead atoms. The Labute approximate surface area is 174 Å². The van der Waals surface area contributed by atoms with Gasteiger partial charge in [0.15, 0.2) is 5.76 Å². The maximum Gasteiger partial charge on any atom is 0.287 e. The van der Waals surface area contributed by atoms with Crippen LogP contribution < -0.4 is 10.9 Å². The molecule has 4 aromatic rings. The Kier molecular flexibility index (Phi) is 5.75. The zero-order valence-corrected chi connectivity index (χ0v) is 16.7. The van der Waals surface area contributed by atoms with Crippen molar-refractivity contribution in [2.45, 2.75) is 32.4 Å². The smallest absolute Gasteiger partial charge is 0.287 e. The Morgan fingerprint density at radius 2 is 1.83 bits per heavy atom. The van der Waals surface area contributed by atoms with E-state index in [4.69, 9.17) is 4.42 Å². The molecule has 0 radical (unpaired) electrons. The second-order valence-corrected chi connectivity index (χ2v) is 7.36.